The Morgan fingerprint density at radius 3 is 1.80 bits per heavy atom. The maximum absolute atomic E-state index is 12.0. The van der Waals surface area contributed by atoms with Crippen molar-refractivity contribution in [3.05, 3.63) is 62.9 Å². The molecule has 0 saturated carbocycles. The van der Waals surface area contributed by atoms with Gasteiger partial charge in [-0.3, -0.25) is 0 Å². The Bertz CT molecular complexity index is 934. The zero-order valence-corrected chi connectivity index (χ0v) is 9.99. The highest BCUT2D eigenvalue weighted by atomic mass is 16.5. The van der Waals surface area contributed by atoms with E-state index < -0.39 is 22.8 Å². The van der Waals surface area contributed by atoms with Crippen LogP contribution in [0, 0.1) is 0 Å². The van der Waals surface area contributed by atoms with E-state index in [0.717, 1.165) is 0 Å². The van der Waals surface area contributed by atoms with Gasteiger partial charge in [-0.15, -0.1) is 0 Å². The van der Waals surface area contributed by atoms with Crippen molar-refractivity contribution in [2.24, 2.45) is 0 Å². The second-order valence-corrected chi connectivity index (χ2v) is 4.10. The van der Waals surface area contributed by atoms with E-state index in [-0.39, 0.29) is 10.8 Å². The molecule has 100 valence electrons. The molecule has 2 N–H and O–H groups in total. The van der Waals surface area contributed by atoms with Gasteiger partial charge in [-0.1, -0.05) is 24.3 Å². The van der Waals surface area contributed by atoms with Crippen LogP contribution in [0.1, 0.15) is 0 Å². The maximum atomic E-state index is 12.0. The molecule has 0 aliphatic heterocycles. The number of aliphatic hydroxyl groups is 2. The molecule has 20 heavy (non-hydrogen) atoms. The van der Waals surface area contributed by atoms with Crippen molar-refractivity contribution < 1.29 is 19.0 Å². The molecule has 0 bridgehead atoms. The Morgan fingerprint density at radius 2 is 1.35 bits per heavy atom. The minimum Gasteiger partial charge on any atom is -0.476 e. The smallest absolute Gasteiger partial charge is 0.380 e. The lowest BCUT2D eigenvalue weighted by Crippen LogP contribution is -2.17. The first-order valence-corrected chi connectivity index (χ1v) is 5.66. The summed E-state index contributed by atoms with van der Waals surface area (Å²) in [6.07, 6.45) is 0. The van der Waals surface area contributed by atoms with Gasteiger partial charge in [0.15, 0.2) is 0 Å². The summed E-state index contributed by atoms with van der Waals surface area (Å²) in [4.78, 5) is 24.0. The van der Waals surface area contributed by atoms with Gasteiger partial charge in [0.25, 0.3) is 0 Å². The molecule has 3 rings (SSSR count). The van der Waals surface area contributed by atoms with E-state index in [2.05, 4.69) is 8.83 Å². The van der Waals surface area contributed by atoms with E-state index in [4.69, 9.17) is 10.2 Å². The summed E-state index contributed by atoms with van der Waals surface area (Å²) in [6, 6.07) is 9.73. The number of rotatable bonds is 0. The van der Waals surface area contributed by atoms with E-state index in [9.17, 15) is 9.59 Å². The molecular weight excluding hydrogens is 264 g/mol. The summed E-state index contributed by atoms with van der Waals surface area (Å²) in [5.74, 6) is -1.38. The molecule has 0 aliphatic rings. The standard InChI is InChI=1S/C14H8O6/c15-11(16)14-19-12(17)8-5-1-3-7-4-2-6-9(10(7)8)13(18)20-14/h1-6,15-16H. The molecule has 6 heteroatoms. The SMILES string of the molecule is O=c1oc(=C(O)O)oc(=O)c2cccc3cccc1c32. The van der Waals surface area contributed by atoms with Crippen LogP contribution >= 0.6 is 0 Å². The molecule has 0 radical (unpaired) electrons. The van der Waals surface area contributed by atoms with Gasteiger partial charge in [-0.05, 0) is 17.5 Å². The number of benzene rings is 2. The first kappa shape index (κ1) is 12.0. The van der Waals surface area contributed by atoms with E-state index in [1.807, 2.05) is 0 Å². The first-order valence-electron chi connectivity index (χ1n) is 5.66. The Kier molecular flexibility index (Phi) is 2.57. The number of hydrogen-bond acceptors (Lipinski definition) is 6. The highest BCUT2D eigenvalue weighted by Gasteiger charge is 2.08. The number of aliphatic hydroxyl groups excluding tert-OH is 1. The molecule has 0 saturated heterocycles. The lowest BCUT2D eigenvalue weighted by atomic mass is 10.0. The molecular formula is C14H8O6. The number of hydrogen-bond donors (Lipinski definition) is 2. The van der Waals surface area contributed by atoms with Crippen molar-refractivity contribution in [2.45, 2.75) is 0 Å². The third-order valence-electron chi connectivity index (χ3n) is 2.90. The first-order chi connectivity index (χ1) is 9.58. The van der Waals surface area contributed by atoms with E-state index in [1.54, 1.807) is 24.3 Å². The molecule has 0 amide bonds. The highest BCUT2D eigenvalue weighted by molar-refractivity contribution is 6.08. The minimum atomic E-state index is -1.38. The van der Waals surface area contributed by atoms with Crippen LogP contribution in [0.2, 0.25) is 0 Å². The lowest BCUT2D eigenvalue weighted by molar-refractivity contribution is 0.224. The average molecular weight is 272 g/mol. The Morgan fingerprint density at radius 1 is 0.850 bits per heavy atom. The van der Waals surface area contributed by atoms with Gasteiger partial charge in [0, 0.05) is 5.39 Å². The van der Waals surface area contributed by atoms with Crippen LogP contribution in [-0.2, 0) is 0 Å². The molecule has 0 aliphatic carbocycles. The van der Waals surface area contributed by atoms with Gasteiger partial charge in [0.05, 0.1) is 10.8 Å². The topological polar surface area (TPSA) is 101 Å². The van der Waals surface area contributed by atoms with Crippen LogP contribution in [-0.4, -0.2) is 10.2 Å². The molecule has 0 spiro atoms. The molecule has 6 nitrogen and oxygen atoms in total. The van der Waals surface area contributed by atoms with Crippen molar-refractivity contribution in [1.29, 1.82) is 0 Å². The third kappa shape index (κ3) is 1.74. The maximum Gasteiger partial charge on any atom is 0.380 e. The van der Waals surface area contributed by atoms with Crippen LogP contribution < -0.4 is 16.9 Å². The average Bonchev–Trinajstić information content (AvgIpc) is 2.43. The molecule has 2 aromatic carbocycles. The van der Waals surface area contributed by atoms with Crippen molar-refractivity contribution >= 4 is 27.5 Å². The third-order valence-corrected chi connectivity index (χ3v) is 2.90. The van der Waals surface area contributed by atoms with Crippen molar-refractivity contribution in [3.8, 4) is 0 Å². The van der Waals surface area contributed by atoms with Crippen LogP contribution in [0.3, 0.4) is 0 Å². The molecule has 0 atom stereocenters. The van der Waals surface area contributed by atoms with Gasteiger partial charge in [-0.2, -0.15) is 0 Å². The van der Waals surface area contributed by atoms with Crippen LogP contribution in [0.25, 0.3) is 27.5 Å². The molecule has 3 aromatic rings. The molecule has 0 unspecified atom stereocenters. The van der Waals surface area contributed by atoms with Crippen molar-refractivity contribution in [1.82, 2.24) is 0 Å². The summed E-state index contributed by atoms with van der Waals surface area (Å²) in [5, 5.41) is 19.3. The van der Waals surface area contributed by atoms with Crippen molar-refractivity contribution in [3.63, 3.8) is 0 Å². The lowest BCUT2D eigenvalue weighted by Gasteiger charge is -2.00. The molecule has 0 fully saturated rings. The minimum absolute atomic E-state index is 0.147. The summed E-state index contributed by atoms with van der Waals surface area (Å²) >= 11 is 0. The summed E-state index contributed by atoms with van der Waals surface area (Å²) in [7, 11) is 0. The van der Waals surface area contributed by atoms with Gasteiger partial charge in [0.2, 0.25) is 0 Å². The fourth-order valence-electron chi connectivity index (χ4n) is 2.07. The van der Waals surface area contributed by atoms with Crippen LogP contribution in [0.4, 0.5) is 0 Å². The molecule has 1 aromatic heterocycles. The summed E-state index contributed by atoms with van der Waals surface area (Å²) < 4.78 is 9.34. The summed E-state index contributed by atoms with van der Waals surface area (Å²) in [5.41, 5.74) is -2.62. The van der Waals surface area contributed by atoms with Crippen LogP contribution in [0.15, 0.2) is 54.8 Å². The zero-order valence-electron chi connectivity index (χ0n) is 9.99. The van der Waals surface area contributed by atoms with E-state index >= 15 is 0 Å². The van der Waals surface area contributed by atoms with Crippen LogP contribution in [0.5, 0.6) is 0 Å². The van der Waals surface area contributed by atoms with Crippen molar-refractivity contribution in [2.75, 3.05) is 0 Å². The van der Waals surface area contributed by atoms with Gasteiger partial charge in [0.1, 0.15) is 0 Å². The fraction of sp³-hybridized carbons (Fsp3) is 0. The van der Waals surface area contributed by atoms with E-state index in [1.165, 1.54) is 12.1 Å². The van der Waals surface area contributed by atoms with E-state index in [0.29, 0.717) is 10.8 Å². The van der Waals surface area contributed by atoms with Gasteiger partial charge >= 0.3 is 22.8 Å². The molecule has 1 heterocycles. The Labute approximate surface area is 110 Å². The second-order valence-electron chi connectivity index (χ2n) is 4.10. The predicted molar refractivity (Wildman–Crippen MR) is 71.2 cm³/mol. The monoisotopic (exact) mass is 272 g/mol. The largest absolute Gasteiger partial charge is 0.476 e. The Balaban J connectivity index is 2.81. The Hall–Kier alpha value is -3.02. The predicted octanol–water partition coefficient (Wildman–Crippen LogP) is 1.36. The summed E-state index contributed by atoms with van der Waals surface area (Å²) in [6.45, 7) is 0. The van der Waals surface area contributed by atoms with Gasteiger partial charge < -0.3 is 19.0 Å². The highest BCUT2D eigenvalue weighted by Crippen LogP contribution is 2.20. The quantitative estimate of drug-likeness (QED) is 0.640. The second kappa shape index (κ2) is 4.27. The zero-order chi connectivity index (χ0) is 14.3. The van der Waals surface area contributed by atoms with Gasteiger partial charge in [-0.25, -0.2) is 9.59 Å². The normalized spacial score (nSPS) is 10.8. The fourth-order valence-corrected chi connectivity index (χ4v) is 2.07.